The largest absolute Gasteiger partial charge is 0.311 e. The molecule has 1 unspecified atom stereocenters. The van der Waals surface area contributed by atoms with E-state index in [1.165, 1.54) is 0 Å². The van der Waals surface area contributed by atoms with Crippen LogP contribution in [0.4, 0.5) is 13.2 Å². The van der Waals surface area contributed by atoms with E-state index in [-0.39, 0.29) is 16.6 Å². The number of hydrogen-bond donors (Lipinski definition) is 1. The van der Waals surface area contributed by atoms with Crippen molar-refractivity contribution in [2.45, 2.75) is 13.0 Å². The lowest BCUT2D eigenvalue weighted by molar-refractivity contribution is 0.547. The summed E-state index contributed by atoms with van der Waals surface area (Å²) in [5, 5.41) is 11.2. The fourth-order valence-electron chi connectivity index (χ4n) is 1.38. The third-order valence-electron chi connectivity index (χ3n) is 2.46. The lowest BCUT2D eigenvalue weighted by Gasteiger charge is -2.03. The molecule has 7 heteroatoms. The maximum absolute atomic E-state index is 13.5. The molecule has 1 aromatic carbocycles. The first kappa shape index (κ1) is 13.0. The topological polar surface area (TPSA) is 37.8 Å². The van der Waals surface area contributed by atoms with Crippen LogP contribution in [-0.2, 0) is 0 Å². The average molecular weight is 273 g/mol. The van der Waals surface area contributed by atoms with Gasteiger partial charge in [-0.25, -0.2) is 13.2 Å². The highest BCUT2D eigenvalue weighted by atomic mass is 32.1. The molecule has 18 heavy (non-hydrogen) atoms. The van der Waals surface area contributed by atoms with Crippen molar-refractivity contribution in [2.24, 2.45) is 0 Å². The molecular weight excluding hydrogens is 263 g/mol. The van der Waals surface area contributed by atoms with E-state index in [9.17, 15) is 13.2 Å². The van der Waals surface area contributed by atoms with Crippen LogP contribution in [0.5, 0.6) is 0 Å². The highest BCUT2D eigenvalue weighted by Crippen LogP contribution is 2.31. The Bertz CT molecular complexity index is 547. The molecule has 96 valence electrons. The third kappa shape index (κ3) is 2.37. The predicted molar refractivity (Wildman–Crippen MR) is 62.7 cm³/mol. The van der Waals surface area contributed by atoms with Gasteiger partial charge in [0.25, 0.3) is 0 Å². The molecule has 0 saturated heterocycles. The summed E-state index contributed by atoms with van der Waals surface area (Å²) < 4.78 is 39.9. The minimum absolute atomic E-state index is 0.0668. The van der Waals surface area contributed by atoms with Crippen molar-refractivity contribution in [3.8, 4) is 10.6 Å². The molecule has 1 heterocycles. The van der Waals surface area contributed by atoms with Gasteiger partial charge in [0.05, 0.1) is 11.6 Å². The van der Waals surface area contributed by atoms with Crippen molar-refractivity contribution in [3.05, 3.63) is 34.6 Å². The number of aromatic nitrogens is 2. The van der Waals surface area contributed by atoms with Crippen LogP contribution in [0, 0.1) is 17.5 Å². The number of hydrogen-bond acceptors (Lipinski definition) is 4. The number of nitrogens with zero attached hydrogens (tertiary/aromatic N) is 2. The second-order valence-electron chi connectivity index (χ2n) is 3.70. The molecule has 1 aromatic heterocycles. The normalized spacial score (nSPS) is 12.7. The highest BCUT2D eigenvalue weighted by molar-refractivity contribution is 7.14. The number of benzene rings is 1. The molecule has 0 bridgehead atoms. The van der Waals surface area contributed by atoms with E-state index >= 15 is 0 Å². The maximum Gasteiger partial charge on any atom is 0.153 e. The minimum Gasteiger partial charge on any atom is -0.311 e. The molecule has 0 fully saturated rings. The summed E-state index contributed by atoms with van der Waals surface area (Å²) in [7, 11) is 1.74. The first-order chi connectivity index (χ1) is 8.52. The van der Waals surface area contributed by atoms with E-state index in [1.54, 1.807) is 7.05 Å². The van der Waals surface area contributed by atoms with Gasteiger partial charge in [-0.2, -0.15) is 0 Å². The molecule has 0 saturated carbocycles. The van der Waals surface area contributed by atoms with E-state index in [1.807, 2.05) is 6.92 Å². The predicted octanol–water partition coefficient (Wildman–Crippen LogP) is 2.90. The van der Waals surface area contributed by atoms with Gasteiger partial charge in [0.1, 0.15) is 22.5 Å². The van der Waals surface area contributed by atoms with E-state index in [0.717, 1.165) is 11.3 Å². The standard InChI is InChI=1S/C11H10F3N3S/c1-5(15-2)10-16-17-11(18-10)9-7(13)3-6(12)4-8(9)14/h3-5,15H,1-2H3. The molecule has 3 nitrogen and oxygen atoms in total. The van der Waals surface area contributed by atoms with Crippen LogP contribution in [-0.4, -0.2) is 17.2 Å². The molecule has 1 atom stereocenters. The minimum atomic E-state index is -0.979. The first-order valence-electron chi connectivity index (χ1n) is 5.18. The first-order valence-corrected chi connectivity index (χ1v) is 6.00. The van der Waals surface area contributed by atoms with E-state index in [0.29, 0.717) is 17.1 Å². The van der Waals surface area contributed by atoms with Crippen LogP contribution in [0.25, 0.3) is 10.6 Å². The Labute approximate surface area is 106 Å². The van der Waals surface area contributed by atoms with Crippen LogP contribution in [0.15, 0.2) is 12.1 Å². The number of nitrogens with one attached hydrogen (secondary N) is 1. The zero-order valence-electron chi connectivity index (χ0n) is 9.67. The van der Waals surface area contributed by atoms with E-state index in [2.05, 4.69) is 15.5 Å². The summed E-state index contributed by atoms with van der Waals surface area (Å²) in [6.07, 6.45) is 0. The zero-order valence-corrected chi connectivity index (χ0v) is 10.5. The summed E-state index contributed by atoms with van der Waals surface area (Å²) in [6.45, 7) is 1.85. The SMILES string of the molecule is CNC(C)c1nnc(-c2c(F)cc(F)cc2F)s1. The van der Waals surface area contributed by atoms with Gasteiger partial charge in [-0.1, -0.05) is 11.3 Å². The molecule has 2 aromatic rings. The van der Waals surface area contributed by atoms with E-state index in [4.69, 9.17) is 0 Å². The third-order valence-corrected chi connectivity index (χ3v) is 3.59. The Morgan fingerprint density at radius 1 is 1.17 bits per heavy atom. The lowest BCUT2D eigenvalue weighted by atomic mass is 10.2. The van der Waals surface area contributed by atoms with Gasteiger partial charge in [-0.3, -0.25) is 0 Å². The van der Waals surface area contributed by atoms with Crippen molar-refractivity contribution in [2.75, 3.05) is 7.05 Å². The smallest absolute Gasteiger partial charge is 0.153 e. The molecular formula is C11H10F3N3S. The molecule has 0 aliphatic heterocycles. The Hall–Kier alpha value is -1.47. The molecule has 0 amide bonds. The quantitative estimate of drug-likeness (QED) is 0.934. The average Bonchev–Trinajstić information content (AvgIpc) is 2.76. The van der Waals surface area contributed by atoms with Gasteiger partial charge >= 0.3 is 0 Å². The highest BCUT2D eigenvalue weighted by Gasteiger charge is 2.19. The monoisotopic (exact) mass is 273 g/mol. The number of rotatable bonds is 3. The van der Waals surface area contributed by atoms with Crippen molar-refractivity contribution in [1.29, 1.82) is 0 Å². The van der Waals surface area contributed by atoms with Crippen molar-refractivity contribution in [3.63, 3.8) is 0 Å². The van der Waals surface area contributed by atoms with Crippen LogP contribution in [0.3, 0.4) is 0 Å². The van der Waals surface area contributed by atoms with Gasteiger partial charge in [0.15, 0.2) is 5.01 Å². The Morgan fingerprint density at radius 2 is 1.78 bits per heavy atom. The molecule has 0 aliphatic rings. The summed E-state index contributed by atoms with van der Waals surface area (Å²) in [6, 6.07) is 1.19. The Balaban J connectivity index is 2.46. The van der Waals surface area contributed by atoms with Crippen molar-refractivity contribution >= 4 is 11.3 Å². The number of halogens is 3. The van der Waals surface area contributed by atoms with Gasteiger partial charge in [0.2, 0.25) is 0 Å². The van der Waals surface area contributed by atoms with Crippen LogP contribution in [0.2, 0.25) is 0 Å². The van der Waals surface area contributed by atoms with Crippen molar-refractivity contribution < 1.29 is 13.2 Å². The van der Waals surface area contributed by atoms with Gasteiger partial charge in [0, 0.05) is 12.1 Å². The molecule has 0 spiro atoms. The lowest BCUT2D eigenvalue weighted by Crippen LogP contribution is -2.11. The van der Waals surface area contributed by atoms with Crippen LogP contribution in [0.1, 0.15) is 18.0 Å². The van der Waals surface area contributed by atoms with Crippen molar-refractivity contribution in [1.82, 2.24) is 15.5 Å². The molecule has 0 aliphatic carbocycles. The van der Waals surface area contributed by atoms with E-state index < -0.39 is 17.5 Å². The Kier molecular flexibility index (Phi) is 3.63. The summed E-state index contributed by atoms with van der Waals surface area (Å²) in [5.41, 5.74) is -0.344. The fourth-order valence-corrected chi connectivity index (χ4v) is 2.33. The second kappa shape index (κ2) is 5.03. The summed E-state index contributed by atoms with van der Waals surface area (Å²) >= 11 is 1.07. The van der Waals surface area contributed by atoms with Gasteiger partial charge in [-0.05, 0) is 14.0 Å². The van der Waals surface area contributed by atoms with Gasteiger partial charge < -0.3 is 5.32 Å². The molecule has 0 radical (unpaired) electrons. The molecule has 1 N–H and O–H groups in total. The Morgan fingerprint density at radius 3 is 2.33 bits per heavy atom. The summed E-state index contributed by atoms with van der Waals surface area (Å²) in [4.78, 5) is 0. The second-order valence-corrected chi connectivity index (χ2v) is 4.71. The van der Waals surface area contributed by atoms with Gasteiger partial charge in [-0.15, -0.1) is 10.2 Å². The molecule has 2 rings (SSSR count). The van der Waals surface area contributed by atoms with Crippen LogP contribution < -0.4 is 5.32 Å². The maximum atomic E-state index is 13.5. The summed E-state index contributed by atoms with van der Waals surface area (Å²) in [5.74, 6) is -2.92. The van der Waals surface area contributed by atoms with Crippen LogP contribution >= 0.6 is 11.3 Å². The fraction of sp³-hybridized carbons (Fsp3) is 0.273. The zero-order chi connectivity index (χ0) is 13.3.